The topological polar surface area (TPSA) is 105 Å². The van der Waals surface area contributed by atoms with Crippen LogP contribution in [-0.4, -0.2) is 42.9 Å². The van der Waals surface area contributed by atoms with Crippen LogP contribution in [0.4, 0.5) is 8.78 Å². The number of amides is 1. The molecule has 0 fully saturated rings. The second-order valence-electron chi connectivity index (χ2n) is 4.84. The fraction of sp³-hybridized carbons (Fsp3) is 0.308. The van der Waals surface area contributed by atoms with E-state index in [9.17, 15) is 22.0 Å². The van der Waals surface area contributed by atoms with Gasteiger partial charge in [-0.2, -0.15) is 4.98 Å². The number of halogens is 2. The molecule has 1 N–H and O–H groups in total. The van der Waals surface area contributed by atoms with Gasteiger partial charge in [0.25, 0.3) is 5.91 Å². The highest BCUT2D eigenvalue weighted by atomic mass is 32.2. The molecule has 0 aliphatic heterocycles. The first kappa shape index (κ1) is 17.9. The summed E-state index contributed by atoms with van der Waals surface area (Å²) in [4.78, 5) is 15.4. The molecule has 1 aromatic carbocycles. The van der Waals surface area contributed by atoms with Crippen LogP contribution in [0.25, 0.3) is 0 Å². The zero-order chi connectivity index (χ0) is 17.9. The van der Waals surface area contributed by atoms with Crippen LogP contribution in [0.5, 0.6) is 0 Å². The minimum atomic E-state index is -3.68. The van der Waals surface area contributed by atoms with E-state index in [4.69, 9.17) is 0 Å². The molecule has 0 saturated heterocycles. The number of nitrogens with zero attached hydrogens (tertiary/aromatic N) is 3. The number of hydrogen-bond donors (Lipinski definition) is 1. The van der Waals surface area contributed by atoms with Crippen molar-refractivity contribution in [1.29, 1.82) is 0 Å². The molecule has 0 aliphatic carbocycles. The molecular weight excluding hydrogens is 346 g/mol. The molecule has 1 heterocycles. The lowest BCUT2D eigenvalue weighted by Gasteiger charge is -2.12. The molecule has 0 atom stereocenters. The molecule has 0 saturated carbocycles. The highest BCUT2D eigenvalue weighted by Crippen LogP contribution is 2.16. The van der Waals surface area contributed by atoms with Crippen LogP contribution in [0.3, 0.4) is 0 Å². The van der Waals surface area contributed by atoms with E-state index in [0.717, 1.165) is 4.31 Å². The highest BCUT2D eigenvalue weighted by molar-refractivity contribution is 7.89. The predicted molar refractivity (Wildman–Crippen MR) is 77.7 cm³/mol. The van der Waals surface area contributed by atoms with E-state index in [0.29, 0.717) is 0 Å². The third-order valence-corrected chi connectivity index (χ3v) is 4.77. The van der Waals surface area contributed by atoms with Crippen molar-refractivity contribution in [2.45, 2.75) is 17.9 Å². The van der Waals surface area contributed by atoms with E-state index in [2.05, 4.69) is 20.0 Å². The first-order valence-electron chi connectivity index (χ1n) is 6.63. The highest BCUT2D eigenvalue weighted by Gasteiger charge is 2.19. The lowest BCUT2D eigenvalue weighted by molar-refractivity contribution is 0.0946. The molecule has 8 nitrogen and oxygen atoms in total. The fourth-order valence-corrected chi connectivity index (χ4v) is 2.64. The van der Waals surface area contributed by atoms with Crippen LogP contribution in [0.2, 0.25) is 0 Å². The maximum Gasteiger partial charge on any atom is 0.300 e. The van der Waals surface area contributed by atoms with Gasteiger partial charge in [0, 0.05) is 19.7 Å². The van der Waals surface area contributed by atoms with Crippen molar-refractivity contribution >= 4 is 15.9 Å². The molecule has 0 bridgehead atoms. The number of benzene rings is 1. The van der Waals surface area contributed by atoms with Gasteiger partial charge in [0.1, 0.15) is 0 Å². The van der Waals surface area contributed by atoms with Crippen molar-refractivity contribution in [3.8, 4) is 0 Å². The fourth-order valence-electron chi connectivity index (χ4n) is 1.70. The van der Waals surface area contributed by atoms with E-state index >= 15 is 0 Å². The average molecular weight is 360 g/mol. The van der Waals surface area contributed by atoms with E-state index in [1.807, 2.05) is 0 Å². The SMILES string of the molecule is CN(C)S(=O)(=O)c1cccc(C(=O)NCc2nc(C(F)F)no2)c1. The van der Waals surface area contributed by atoms with Crippen LogP contribution in [-0.2, 0) is 16.6 Å². The second-order valence-corrected chi connectivity index (χ2v) is 7.00. The zero-order valence-corrected chi connectivity index (χ0v) is 13.5. The van der Waals surface area contributed by atoms with Crippen LogP contribution in [0.15, 0.2) is 33.7 Å². The molecule has 0 radical (unpaired) electrons. The summed E-state index contributed by atoms with van der Waals surface area (Å²) in [6.45, 7) is -0.261. The first-order valence-corrected chi connectivity index (χ1v) is 8.07. The molecule has 11 heteroatoms. The Kier molecular flexibility index (Phi) is 5.24. The van der Waals surface area contributed by atoms with E-state index in [-0.39, 0.29) is 22.9 Å². The molecule has 0 unspecified atom stereocenters. The number of hydrogen-bond acceptors (Lipinski definition) is 6. The van der Waals surface area contributed by atoms with Crippen LogP contribution in [0, 0.1) is 0 Å². The van der Waals surface area contributed by atoms with Gasteiger partial charge in [0.05, 0.1) is 11.4 Å². The second kappa shape index (κ2) is 7.01. The van der Waals surface area contributed by atoms with Gasteiger partial charge in [0.2, 0.25) is 21.7 Å². The summed E-state index contributed by atoms with van der Waals surface area (Å²) >= 11 is 0. The zero-order valence-electron chi connectivity index (χ0n) is 12.7. The first-order chi connectivity index (χ1) is 11.2. The van der Waals surface area contributed by atoms with Crippen molar-refractivity contribution < 1.29 is 26.5 Å². The van der Waals surface area contributed by atoms with Gasteiger partial charge in [-0.05, 0) is 18.2 Å². The Balaban J connectivity index is 2.10. The summed E-state index contributed by atoms with van der Waals surface area (Å²) in [5.74, 6) is -1.56. The third kappa shape index (κ3) is 3.92. The molecule has 0 aliphatic rings. The van der Waals surface area contributed by atoms with Gasteiger partial charge in [0.15, 0.2) is 0 Å². The van der Waals surface area contributed by atoms with Gasteiger partial charge in [-0.15, -0.1) is 0 Å². The smallest absolute Gasteiger partial charge is 0.300 e. The van der Waals surface area contributed by atoms with E-state index in [1.165, 1.54) is 38.4 Å². The lowest BCUT2D eigenvalue weighted by atomic mass is 10.2. The van der Waals surface area contributed by atoms with Crippen molar-refractivity contribution in [3.63, 3.8) is 0 Å². The normalized spacial score (nSPS) is 11.9. The summed E-state index contributed by atoms with van der Waals surface area (Å²) < 4.78 is 54.3. The predicted octanol–water partition coefficient (Wildman–Crippen LogP) is 1.19. The number of sulfonamides is 1. The Hall–Kier alpha value is -2.40. The largest absolute Gasteiger partial charge is 0.343 e. The van der Waals surface area contributed by atoms with Gasteiger partial charge in [-0.1, -0.05) is 11.2 Å². The van der Waals surface area contributed by atoms with Crippen LogP contribution >= 0.6 is 0 Å². The Morgan fingerprint density at radius 2 is 2.08 bits per heavy atom. The van der Waals surface area contributed by atoms with Gasteiger partial charge in [-0.25, -0.2) is 21.5 Å². The molecule has 24 heavy (non-hydrogen) atoms. The number of carbonyl (C=O) groups is 1. The van der Waals surface area contributed by atoms with Gasteiger partial charge < -0.3 is 9.84 Å². The lowest BCUT2D eigenvalue weighted by Crippen LogP contribution is -2.25. The number of nitrogens with one attached hydrogen (secondary N) is 1. The Morgan fingerprint density at radius 3 is 2.67 bits per heavy atom. The van der Waals surface area contributed by atoms with Crippen molar-refractivity contribution in [2.75, 3.05) is 14.1 Å². The van der Waals surface area contributed by atoms with Crippen LogP contribution < -0.4 is 5.32 Å². The number of rotatable bonds is 6. The minimum absolute atomic E-state index is 0.0436. The Bertz CT molecular complexity index is 836. The molecule has 1 amide bonds. The van der Waals surface area contributed by atoms with E-state index < -0.39 is 28.2 Å². The van der Waals surface area contributed by atoms with E-state index in [1.54, 1.807) is 0 Å². The number of aromatic nitrogens is 2. The quantitative estimate of drug-likeness (QED) is 0.829. The molecular formula is C13H14F2N4O4S. The molecule has 2 rings (SSSR count). The standard InChI is InChI=1S/C13H14F2N4O4S/c1-19(2)24(21,22)9-5-3-4-8(6-9)13(20)16-7-10-17-12(11(14)15)18-23-10/h3-6,11H,7H2,1-2H3,(H,16,20). The summed E-state index contributed by atoms with van der Waals surface area (Å²) in [5, 5.41) is 5.45. The molecule has 2 aromatic rings. The summed E-state index contributed by atoms with van der Waals surface area (Å²) in [5.41, 5.74) is 0.0894. The molecule has 130 valence electrons. The van der Waals surface area contributed by atoms with Crippen molar-refractivity contribution in [2.24, 2.45) is 0 Å². The summed E-state index contributed by atoms with van der Waals surface area (Å²) in [6, 6.07) is 5.41. The number of carbonyl (C=O) groups excluding carboxylic acids is 1. The van der Waals surface area contributed by atoms with Crippen LogP contribution in [0.1, 0.15) is 28.5 Å². The maximum absolute atomic E-state index is 12.3. The average Bonchev–Trinajstić information content (AvgIpc) is 3.01. The van der Waals surface area contributed by atoms with Crippen molar-refractivity contribution in [3.05, 3.63) is 41.5 Å². The maximum atomic E-state index is 12.3. The van der Waals surface area contributed by atoms with Crippen molar-refractivity contribution in [1.82, 2.24) is 19.8 Å². The molecule has 0 spiro atoms. The minimum Gasteiger partial charge on any atom is -0.343 e. The Morgan fingerprint density at radius 1 is 1.38 bits per heavy atom. The number of alkyl halides is 2. The monoisotopic (exact) mass is 360 g/mol. The summed E-state index contributed by atoms with van der Waals surface area (Å²) in [7, 11) is -0.931. The van der Waals surface area contributed by atoms with Gasteiger partial charge >= 0.3 is 6.43 Å². The van der Waals surface area contributed by atoms with Gasteiger partial charge in [-0.3, -0.25) is 4.79 Å². The summed E-state index contributed by atoms with van der Waals surface area (Å²) in [6.07, 6.45) is -2.87. The Labute approximate surface area is 136 Å². The third-order valence-electron chi connectivity index (χ3n) is 2.95. The molecule has 1 aromatic heterocycles.